The van der Waals surface area contributed by atoms with Crippen LogP contribution in [0.1, 0.15) is 30.4 Å². The molecule has 4 rings (SSSR count). The Hall–Kier alpha value is -3.19. The zero-order valence-electron chi connectivity index (χ0n) is 17.4. The molecule has 1 N–H and O–H groups in total. The molecule has 0 aromatic heterocycles. The third-order valence-electron chi connectivity index (χ3n) is 5.50. The fourth-order valence-electron chi connectivity index (χ4n) is 3.78. The maximum atomic E-state index is 13.4. The Morgan fingerprint density at radius 3 is 2.32 bits per heavy atom. The molecular formula is C24H25N3O3S. The number of hydrazone groups is 1. The molecule has 0 unspecified atom stereocenters. The summed E-state index contributed by atoms with van der Waals surface area (Å²) in [7, 11) is -3.91. The van der Waals surface area contributed by atoms with Crippen molar-refractivity contribution < 1.29 is 13.2 Å². The Bertz CT molecular complexity index is 1220. The minimum atomic E-state index is -3.91. The number of amides is 1. The van der Waals surface area contributed by atoms with E-state index in [2.05, 4.69) is 9.93 Å². The number of aryl methyl sites for hydroxylation is 1. The maximum absolute atomic E-state index is 13.4. The van der Waals surface area contributed by atoms with Gasteiger partial charge in [-0.1, -0.05) is 60.2 Å². The van der Waals surface area contributed by atoms with Crippen molar-refractivity contribution in [1.29, 1.82) is 0 Å². The summed E-state index contributed by atoms with van der Waals surface area (Å²) in [6, 6.07) is 19.8. The second-order valence-corrected chi connectivity index (χ2v) is 9.41. The van der Waals surface area contributed by atoms with Crippen LogP contribution in [0, 0.1) is 6.92 Å². The number of nitrogens with one attached hydrogen (secondary N) is 1. The second-order valence-electron chi connectivity index (χ2n) is 7.75. The minimum absolute atomic E-state index is 0.101. The van der Waals surface area contributed by atoms with Crippen molar-refractivity contribution in [3.63, 3.8) is 0 Å². The third kappa shape index (κ3) is 4.61. The summed E-state index contributed by atoms with van der Waals surface area (Å²) in [6.07, 6.45) is 2.96. The number of hydrogen-bond acceptors (Lipinski definition) is 4. The highest BCUT2D eigenvalue weighted by Gasteiger charge is 2.25. The molecule has 0 atom stereocenters. The van der Waals surface area contributed by atoms with Gasteiger partial charge in [-0.05, 0) is 49.1 Å². The van der Waals surface area contributed by atoms with Crippen LogP contribution in [0.3, 0.4) is 0 Å². The van der Waals surface area contributed by atoms with Crippen LogP contribution in [0.2, 0.25) is 0 Å². The van der Waals surface area contributed by atoms with Crippen LogP contribution >= 0.6 is 0 Å². The maximum Gasteiger partial charge on any atom is 0.276 e. The van der Waals surface area contributed by atoms with Crippen molar-refractivity contribution in [2.24, 2.45) is 5.10 Å². The largest absolute Gasteiger partial charge is 0.337 e. The Morgan fingerprint density at radius 1 is 0.903 bits per heavy atom. The van der Waals surface area contributed by atoms with Gasteiger partial charge in [-0.15, -0.1) is 0 Å². The highest BCUT2D eigenvalue weighted by atomic mass is 32.2. The lowest BCUT2D eigenvalue weighted by Gasteiger charge is -2.27. The van der Waals surface area contributed by atoms with Crippen molar-refractivity contribution in [1.82, 2.24) is 9.73 Å². The van der Waals surface area contributed by atoms with E-state index in [1.54, 1.807) is 17.0 Å². The van der Waals surface area contributed by atoms with Gasteiger partial charge in [-0.2, -0.15) is 18.4 Å². The van der Waals surface area contributed by atoms with Gasteiger partial charge in [0.1, 0.15) is 0 Å². The van der Waals surface area contributed by atoms with Crippen LogP contribution < -0.4 is 4.83 Å². The molecule has 1 saturated heterocycles. The topological polar surface area (TPSA) is 78.8 Å². The van der Waals surface area contributed by atoms with Crippen LogP contribution in [0.25, 0.3) is 10.8 Å². The molecule has 1 fully saturated rings. The number of likely N-dealkylation sites (tertiary alicyclic amines) is 1. The lowest BCUT2D eigenvalue weighted by Crippen LogP contribution is -2.41. The second kappa shape index (κ2) is 8.89. The molecule has 3 aromatic carbocycles. The molecule has 31 heavy (non-hydrogen) atoms. The quantitative estimate of drug-likeness (QED) is 0.488. The van der Waals surface area contributed by atoms with E-state index < -0.39 is 10.0 Å². The predicted molar refractivity (Wildman–Crippen MR) is 122 cm³/mol. The first-order valence-corrected chi connectivity index (χ1v) is 11.9. The first-order valence-electron chi connectivity index (χ1n) is 10.4. The van der Waals surface area contributed by atoms with E-state index in [4.69, 9.17) is 0 Å². The highest BCUT2D eigenvalue weighted by molar-refractivity contribution is 7.89. The van der Waals surface area contributed by atoms with Gasteiger partial charge in [-0.25, -0.2) is 0 Å². The number of carbonyl (C=O) groups is 1. The Morgan fingerprint density at radius 2 is 1.58 bits per heavy atom. The number of benzene rings is 3. The number of nitrogens with zero attached hydrogens (tertiary/aromatic N) is 2. The van der Waals surface area contributed by atoms with E-state index in [0.717, 1.165) is 35.6 Å². The van der Waals surface area contributed by atoms with Crippen LogP contribution in [0.4, 0.5) is 0 Å². The third-order valence-corrected chi connectivity index (χ3v) is 6.72. The van der Waals surface area contributed by atoms with Crippen molar-refractivity contribution in [2.45, 2.75) is 31.1 Å². The molecule has 160 valence electrons. The van der Waals surface area contributed by atoms with Crippen LogP contribution in [-0.2, 0) is 14.8 Å². The number of rotatable bonds is 5. The molecule has 1 heterocycles. The zero-order valence-corrected chi connectivity index (χ0v) is 18.2. The average molecular weight is 436 g/mol. The van der Waals surface area contributed by atoms with E-state index in [9.17, 15) is 13.2 Å². The Balaban J connectivity index is 1.76. The lowest BCUT2D eigenvalue weighted by molar-refractivity contribution is -0.124. The van der Waals surface area contributed by atoms with E-state index in [-0.39, 0.29) is 16.5 Å². The number of hydrogen-bond donors (Lipinski definition) is 1. The van der Waals surface area contributed by atoms with Crippen molar-refractivity contribution >= 4 is 32.4 Å². The van der Waals surface area contributed by atoms with Gasteiger partial charge < -0.3 is 4.90 Å². The molecule has 1 aliphatic heterocycles. The summed E-state index contributed by atoms with van der Waals surface area (Å²) in [5.41, 5.74) is 1.67. The van der Waals surface area contributed by atoms with Gasteiger partial charge >= 0.3 is 0 Å². The summed E-state index contributed by atoms with van der Waals surface area (Å²) >= 11 is 0. The van der Waals surface area contributed by atoms with E-state index in [1.165, 1.54) is 12.1 Å². The Labute approximate surface area is 182 Å². The van der Waals surface area contributed by atoms with Crippen LogP contribution in [-0.4, -0.2) is 38.0 Å². The molecule has 0 radical (unpaired) electrons. The van der Waals surface area contributed by atoms with Crippen LogP contribution in [0.5, 0.6) is 0 Å². The van der Waals surface area contributed by atoms with E-state index in [0.29, 0.717) is 18.7 Å². The molecule has 6 nitrogen and oxygen atoms in total. The van der Waals surface area contributed by atoms with Gasteiger partial charge in [0.05, 0.1) is 4.90 Å². The van der Waals surface area contributed by atoms with Gasteiger partial charge in [0, 0.05) is 18.7 Å². The molecule has 3 aromatic rings. The lowest BCUT2D eigenvalue weighted by atomic mass is 9.99. The van der Waals surface area contributed by atoms with Gasteiger partial charge in [0.15, 0.2) is 5.71 Å². The monoisotopic (exact) mass is 435 g/mol. The van der Waals surface area contributed by atoms with Crippen molar-refractivity contribution in [3.8, 4) is 0 Å². The van der Waals surface area contributed by atoms with Gasteiger partial charge in [-0.3, -0.25) is 4.79 Å². The zero-order chi connectivity index (χ0) is 21.8. The van der Waals surface area contributed by atoms with Crippen molar-refractivity contribution in [2.75, 3.05) is 13.1 Å². The average Bonchev–Trinajstić information content (AvgIpc) is 2.80. The summed E-state index contributed by atoms with van der Waals surface area (Å²) < 4.78 is 25.6. The summed E-state index contributed by atoms with van der Waals surface area (Å²) in [5, 5.41) is 5.99. The number of fused-ring (bicyclic) bond motifs is 1. The number of piperidine rings is 1. The van der Waals surface area contributed by atoms with E-state index >= 15 is 0 Å². The smallest absolute Gasteiger partial charge is 0.276 e. The summed E-state index contributed by atoms with van der Waals surface area (Å²) in [5.74, 6) is -0.261. The molecule has 0 saturated carbocycles. The Kier molecular flexibility index (Phi) is 6.04. The first kappa shape index (κ1) is 21.1. The fourth-order valence-corrected chi connectivity index (χ4v) is 4.59. The SMILES string of the molecule is Cc1ccc(S(=O)(=O)N/N=C(/C(=O)N2CCCCC2)c2cccc3ccccc23)cc1. The standard InChI is InChI=1S/C24H25N3O3S/c1-18-12-14-20(15-13-18)31(29,30)26-25-23(24(28)27-16-5-2-6-17-27)22-11-7-9-19-8-3-4-10-21(19)22/h3-4,7-15,26H,2,5-6,16-17H2,1H3/b25-23+. The summed E-state index contributed by atoms with van der Waals surface area (Å²) in [4.78, 5) is 17.5. The normalized spacial score (nSPS) is 15.1. The van der Waals surface area contributed by atoms with Gasteiger partial charge in [0.25, 0.3) is 15.9 Å². The molecule has 7 heteroatoms. The molecule has 1 amide bonds. The molecule has 1 aliphatic rings. The summed E-state index contributed by atoms with van der Waals surface area (Å²) in [6.45, 7) is 3.18. The molecule has 0 spiro atoms. The predicted octanol–water partition coefficient (Wildman–Crippen LogP) is 3.84. The number of sulfonamides is 1. The van der Waals surface area contributed by atoms with Gasteiger partial charge in [0.2, 0.25) is 0 Å². The van der Waals surface area contributed by atoms with Crippen LogP contribution in [0.15, 0.2) is 76.7 Å². The minimum Gasteiger partial charge on any atom is -0.337 e. The highest BCUT2D eigenvalue weighted by Crippen LogP contribution is 2.21. The first-order chi connectivity index (χ1) is 15.0. The number of carbonyl (C=O) groups excluding carboxylic acids is 1. The van der Waals surface area contributed by atoms with E-state index in [1.807, 2.05) is 49.4 Å². The fraction of sp³-hybridized carbons (Fsp3) is 0.250. The van der Waals surface area contributed by atoms with Crippen molar-refractivity contribution in [3.05, 3.63) is 77.9 Å². The molecular weight excluding hydrogens is 410 g/mol. The molecule has 0 aliphatic carbocycles. The molecule has 0 bridgehead atoms.